The first-order chi connectivity index (χ1) is 7.20. The van der Waals surface area contributed by atoms with Gasteiger partial charge in [0.1, 0.15) is 0 Å². The highest BCUT2D eigenvalue weighted by Crippen LogP contribution is 2.31. The molecule has 3 heteroatoms. The highest BCUT2D eigenvalue weighted by Gasteiger charge is 2.29. The molecule has 0 aromatic heterocycles. The summed E-state index contributed by atoms with van der Waals surface area (Å²) in [5.74, 6) is -2.44. The smallest absolute Gasteiger partial charge is 0.372 e. The molecule has 1 N–H and O–H groups in total. The zero-order valence-corrected chi connectivity index (χ0v) is 8.27. The van der Waals surface area contributed by atoms with Crippen LogP contribution in [-0.4, -0.2) is 16.9 Å². The number of Topliss-reactive ketones (excluding diaryl/α,β-unsaturated/α-hetero) is 1. The van der Waals surface area contributed by atoms with Gasteiger partial charge in [-0.25, -0.2) is 4.79 Å². The molecule has 0 spiro atoms. The summed E-state index contributed by atoms with van der Waals surface area (Å²) in [6.07, 6.45) is 2.49. The number of carbonyl (C=O) groups excluding carboxylic acids is 1. The number of hydrogen-bond acceptors (Lipinski definition) is 2. The van der Waals surface area contributed by atoms with Gasteiger partial charge in [0.2, 0.25) is 5.78 Å². The van der Waals surface area contributed by atoms with Gasteiger partial charge in [-0.05, 0) is 30.4 Å². The molecule has 1 aliphatic rings. The normalized spacial score (nSPS) is 19.3. The van der Waals surface area contributed by atoms with E-state index in [9.17, 15) is 9.59 Å². The number of aryl methyl sites for hydroxylation is 1. The first-order valence-corrected chi connectivity index (χ1v) is 5.05. The second-order valence-electron chi connectivity index (χ2n) is 3.81. The molecule has 0 amide bonds. The third-order valence-corrected chi connectivity index (χ3v) is 2.90. The summed E-state index contributed by atoms with van der Waals surface area (Å²) in [5.41, 5.74) is 2.01. The topological polar surface area (TPSA) is 54.4 Å². The highest BCUT2D eigenvalue weighted by atomic mass is 16.4. The maximum atomic E-state index is 11.5. The average Bonchev–Trinajstić information content (AvgIpc) is 2.27. The van der Waals surface area contributed by atoms with Crippen LogP contribution in [0, 0.1) is 0 Å². The maximum absolute atomic E-state index is 11.5. The molecular weight excluding hydrogens is 192 g/mol. The largest absolute Gasteiger partial charge is 0.475 e. The van der Waals surface area contributed by atoms with Gasteiger partial charge in [0.05, 0.1) is 5.92 Å². The van der Waals surface area contributed by atoms with Crippen LogP contribution in [0.15, 0.2) is 24.3 Å². The number of rotatable bonds is 2. The van der Waals surface area contributed by atoms with E-state index in [4.69, 9.17) is 5.11 Å². The third-order valence-electron chi connectivity index (χ3n) is 2.90. The van der Waals surface area contributed by atoms with Crippen LogP contribution in [0.5, 0.6) is 0 Å². The van der Waals surface area contributed by atoms with E-state index in [-0.39, 0.29) is 0 Å². The van der Waals surface area contributed by atoms with Crippen LogP contribution in [0.3, 0.4) is 0 Å². The quantitative estimate of drug-likeness (QED) is 0.747. The standard InChI is InChI=1S/C12H12O3/c13-11(12(14)15)10-7-3-5-8-4-1-2-6-9(8)10/h1-2,4,6,10H,3,5,7H2,(H,14,15). The van der Waals surface area contributed by atoms with Crippen LogP contribution in [0.4, 0.5) is 0 Å². The van der Waals surface area contributed by atoms with Crippen molar-refractivity contribution in [2.75, 3.05) is 0 Å². The van der Waals surface area contributed by atoms with E-state index < -0.39 is 17.7 Å². The van der Waals surface area contributed by atoms with Crippen molar-refractivity contribution < 1.29 is 14.7 Å². The summed E-state index contributed by atoms with van der Waals surface area (Å²) in [5, 5.41) is 8.71. The monoisotopic (exact) mass is 204 g/mol. The average molecular weight is 204 g/mol. The van der Waals surface area contributed by atoms with Crippen LogP contribution >= 0.6 is 0 Å². The zero-order chi connectivity index (χ0) is 10.8. The molecule has 15 heavy (non-hydrogen) atoms. The summed E-state index contributed by atoms with van der Waals surface area (Å²) in [6.45, 7) is 0. The second-order valence-corrected chi connectivity index (χ2v) is 3.81. The minimum atomic E-state index is -1.32. The number of ketones is 1. The lowest BCUT2D eigenvalue weighted by atomic mass is 9.80. The summed E-state index contributed by atoms with van der Waals surface area (Å²) in [7, 11) is 0. The molecule has 78 valence electrons. The Hall–Kier alpha value is -1.64. The van der Waals surface area contributed by atoms with Crippen molar-refractivity contribution in [3.8, 4) is 0 Å². The van der Waals surface area contributed by atoms with Crippen molar-refractivity contribution in [3.63, 3.8) is 0 Å². The maximum Gasteiger partial charge on any atom is 0.372 e. The molecule has 1 atom stereocenters. The summed E-state index contributed by atoms with van der Waals surface area (Å²) < 4.78 is 0. The Kier molecular flexibility index (Phi) is 2.54. The lowest BCUT2D eigenvalue weighted by Crippen LogP contribution is -2.25. The van der Waals surface area contributed by atoms with Crippen LogP contribution < -0.4 is 0 Å². The fourth-order valence-electron chi connectivity index (χ4n) is 2.18. The molecule has 1 aromatic rings. The predicted octanol–water partition coefficient (Wildman–Crippen LogP) is 1.76. The number of hydrogen-bond donors (Lipinski definition) is 1. The van der Waals surface area contributed by atoms with Gasteiger partial charge in [-0.2, -0.15) is 0 Å². The van der Waals surface area contributed by atoms with E-state index in [2.05, 4.69) is 0 Å². The van der Waals surface area contributed by atoms with Gasteiger partial charge in [-0.1, -0.05) is 24.3 Å². The van der Waals surface area contributed by atoms with Crippen molar-refractivity contribution in [1.82, 2.24) is 0 Å². The molecule has 2 rings (SSSR count). The van der Waals surface area contributed by atoms with Gasteiger partial charge in [0, 0.05) is 0 Å². The van der Waals surface area contributed by atoms with Crippen molar-refractivity contribution in [2.24, 2.45) is 0 Å². The first kappa shape index (κ1) is 9.90. The molecule has 0 aliphatic heterocycles. The van der Waals surface area contributed by atoms with Crippen molar-refractivity contribution >= 4 is 11.8 Å². The van der Waals surface area contributed by atoms with Gasteiger partial charge in [-0.3, -0.25) is 4.79 Å². The van der Waals surface area contributed by atoms with E-state index >= 15 is 0 Å². The van der Waals surface area contributed by atoms with Crippen LogP contribution in [-0.2, 0) is 16.0 Å². The molecule has 0 bridgehead atoms. The van der Waals surface area contributed by atoms with Gasteiger partial charge >= 0.3 is 5.97 Å². The Bertz CT molecular complexity index is 409. The minimum Gasteiger partial charge on any atom is -0.475 e. The molecule has 3 nitrogen and oxygen atoms in total. The van der Waals surface area contributed by atoms with Gasteiger partial charge < -0.3 is 5.11 Å². The van der Waals surface area contributed by atoms with Crippen molar-refractivity contribution in [3.05, 3.63) is 35.4 Å². The van der Waals surface area contributed by atoms with Gasteiger partial charge in [0.15, 0.2) is 0 Å². The predicted molar refractivity (Wildman–Crippen MR) is 54.8 cm³/mol. The summed E-state index contributed by atoms with van der Waals surface area (Å²) in [4.78, 5) is 22.1. The third kappa shape index (κ3) is 1.77. The van der Waals surface area contributed by atoms with E-state index in [1.54, 1.807) is 0 Å². The first-order valence-electron chi connectivity index (χ1n) is 5.05. The molecule has 0 heterocycles. The van der Waals surface area contributed by atoms with E-state index in [1.807, 2.05) is 24.3 Å². The molecule has 0 saturated carbocycles. The van der Waals surface area contributed by atoms with E-state index in [1.165, 1.54) is 0 Å². The molecule has 1 aliphatic carbocycles. The Labute approximate surface area is 87.7 Å². The molecule has 1 unspecified atom stereocenters. The highest BCUT2D eigenvalue weighted by molar-refractivity contribution is 6.35. The Morgan fingerprint density at radius 1 is 1.27 bits per heavy atom. The lowest BCUT2D eigenvalue weighted by Gasteiger charge is -2.22. The second kappa shape index (κ2) is 3.85. The Balaban J connectivity index is 2.38. The van der Waals surface area contributed by atoms with Crippen LogP contribution in [0.25, 0.3) is 0 Å². The van der Waals surface area contributed by atoms with E-state index in [0.717, 1.165) is 24.0 Å². The molecular formula is C12H12O3. The number of carboxylic acids is 1. The zero-order valence-electron chi connectivity index (χ0n) is 8.27. The fraction of sp³-hybridized carbons (Fsp3) is 0.333. The number of carboxylic acid groups (broad SMARTS) is 1. The molecule has 1 aromatic carbocycles. The Morgan fingerprint density at radius 3 is 2.73 bits per heavy atom. The van der Waals surface area contributed by atoms with Crippen LogP contribution in [0.2, 0.25) is 0 Å². The van der Waals surface area contributed by atoms with E-state index in [0.29, 0.717) is 6.42 Å². The van der Waals surface area contributed by atoms with Crippen LogP contribution in [0.1, 0.15) is 29.9 Å². The lowest BCUT2D eigenvalue weighted by molar-refractivity contribution is -0.150. The molecule has 0 radical (unpaired) electrons. The molecule has 0 saturated heterocycles. The van der Waals surface area contributed by atoms with Crippen molar-refractivity contribution in [1.29, 1.82) is 0 Å². The van der Waals surface area contributed by atoms with Crippen molar-refractivity contribution in [2.45, 2.75) is 25.2 Å². The fourth-order valence-corrected chi connectivity index (χ4v) is 2.18. The minimum absolute atomic E-state index is 0.438. The SMILES string of the molecule is O=C(O)C(=O)C1CCCc2ccccc21. The summed E-state index contributed by atoms with van der Waals surface area (Å²) >= 11 is 0. The Morgan fingerprint density at radius 2 is 2.00 bits per heavy atom. The van der Waals surface area contributed by atoms with Gasteiger partial charge in [0.25, 0.3) is 0 Å². The number of benzene rings is 1. The van der Waals surface area contributed by atoms with Gasteiger partial charge in [-0.15, -0.1) is 0 Å². The summed E-state index contributed by atoms with van der Waals surface area (Å²) in [6, 6.07) is 7.61. The number of fused-ring (bicyclic) bond motifs is 1. The number of aliphatic carboxylic acids is 1. The molecule has 0 fully saturated rings. The number of carbonyl (C=O) groups is 2.